The van der Waals surface area contributed by atoms with Gasteiger partial charge >= 0.3 is 11.7 Å². The van der Waals surface area contributed by atoms with E-state index in [2.05, 4.69) is 0 Å². The first-order chi connectivity index (χ1) is 15.9. The lowest BCUT2D eigenvalue weighted by atomic mass is 9.82. The number of nitro benzene ring substituents is 1. The van der Waals surface area contributed by atoms with Gasteiger partial charge < -0.3 is 29.2 Å². The van der Waals surface area contributed by atoms with Crippen LogP contribution in [0, 0.1) is 10.1 Å². The number of hydrogen-bond donors (Lipinski definition) is 2. The van der Waals surface area contributed by atoms with E-state index in [-0.39, 0.29) is 29.5 Å². The van der Waals surface area contributed by atoms with Gasteiger partial charge in [0.25, 0.3) is 0 Å². The second kappa shape index (κ2) is 7.87. The summed E-state index contributed by atoms with van der Waals surface area (Å²) in [6, 6.07) is 2.72. The van der Waals surface area contributed by atoms with Gasteiger partial charge in [0.1, 0.15) is 11.9 Å². The lowest BCUT2D eigenvalue weighted by molar-refractivity contribution is -0.386. The Hall–Kier alpha value is -3.41. The van der Waals surface area contributed by atoms with Crippen molar-refractivity contribution in [2.75, 3.05) is 27.5 Å². The lowest BCUT2D eigenvalue weighted by Gasteiger charge is -2.38. The van der Waals surface area contributed by atoms with Crippen molar-refractivity contribution in [3.05, 3.63) is 55.6 Å². The average molecular weight is 458 g/mol. The first-order valence-corrected chi connectivity index (χ1v) is 10.4. The molecule has 0 bridgehead atoms. The minimum Gasteiger partial charge on any atom is -0.496 e. The van der Waals surface area contributed by atoms with Crippen molar-refractivity contribution in [1.29, 1.82) is 0 Å². The predicted molar refractivity (Wildman–Crippen MR) is 111 cm³/mol. The standard InChI is InChI=1S/C22H22N2O9/c1-23-6-5-10-15(13(8-26)20-21(32-9-31-20)17(10)24(28)29)18(23)19-11-3-4-14(30-2)12(7-25)16(11)22(27)33-19/h3-4,18-19,25-26H,5-9H2,1-2H3/t18-,19+/m1/s1. The lowest BCUT2D eigenvalue weighted by Crippen LogP contribution is -2.37. The van der Waals surface area contributed by atoms with Crippen LogP contribution in [0.5, 0.6) is 17.2 Å². The fourth-order valence-electron chi connectivity index (χ4n) is 5.18. The molecule has 0 aromatic heterocycles. The number of aliphatic hydroxyl groups is 2. The Bertz CT molecular complexity index is 1180. The Morgan fingerprint density at radius 3 is 2.61 bits per heavy atom. The van der Waals surface area contributed by atoms with Gasteiger partial charge in [-0.3, -0.25) is 15.0 Å². The van der Waals surface area contributed by atoms with Crippen molar-refractivity contribution in [2.45, 2.75) is 31.8 Å². The molecule has 2 N–H and O–H groups in total. The summed E-state index contributed by atoms with van der Waals surface area (Å²) in [5, 5.41) is 32.2. The molecule has 0 aliphatic carbocycles. The third-order valence-electron chi connectivity index (χ3n) is 6.58. The maximum atomic E-state index is 12.9. The number of nitro groups is 1. The van der Waals surface area contributed by atoms with Crippen LogP contribution in [0.4, 0.5) is 5.69 Å². The van der Waals surface area contributed by atoms with Gasteiger partial charge in [-0.25, -0.2) is 4.79 Å². The number of carbonyl (C=O) groups is 1. The van der Waals surface area contributed by atoms with E-state index in [9.17, 15) is 25.1 Å². The molecular formula is C22H22N2O9. The van der Waals surface area contributed by atoms with E-state index >= 15 is 0 Å². The number of aliphatic hydroxyl groups excluding tert-OH is 2. The fourth-order valence-corrected chi connectivity index (χ4v) is 5.18. The SMILES string of the molecule is COc1ccc2c(c1CO)C(=O)O[C@@H]2[C@H]1c2c(CO)c3c(c([N+](=O)[O-])c2CCN1C)OCO3. The molecule has 2 aromatic rings. The van der Waals surface area contributed by atoms with E-state index < -0.39 is 36.3 Å². The van der Waals surface area contributed by atoms with Crippen molar-refractivity contribution < 1.29 is 38.9 Å². The summed E-state index contributed by atoms with van der Waals surface area (Å²) in [4.78, 5) is 26.3. The Morgan fingerprint density at radius 1 is 1.21 bits per heavy atom. The normalized spacial score (nSPS) is 20.9. The van der Waals surface area contributed by atoms with Gasteiger partial charge in [-0.1, -0.05) is 6.07 Å². The Morgan fingerprint density at radius 2 is 1.94 bits per heavy atom. The molecule has 0 radical (unpaired) electrons. The van der Waals surface area contributed by atoms with Gasteiger partial charge in [-0.15, -0.1) is 0 Å². The quantitative estimate of drug-likeness (QED) is 0.387. The molecule has 33 heavy (non-hydrogen) atoms. The monoisotopic (exact) mass is 458 g/mol. The van der Waals surface area contributed by atoms with Crippen molar-refractivity contribution >= 4 is 11.7 Å². The topological polar surface area (TPSA) is 141 Å². The molecule has 3 aliphatic rings. The number of likely N-dealkylation sites (N-methyl/N-ethyl adjacent to an activating group) is 1. The summed E-state index contributed by atoms with van der Waals surface area (Å²) in [5.41, 5.74) is 2.19. The number of nitrogens with zero attached hydrogens (tertiary/aromatic N) is 2. The third kappa shape index (κ3) is 2.96. The third-order valence-corrected chi connectivity index (χ3v) is 6.58. The number of hydrogen-bond acceptors (Lipinski definition) is 10. The molecule has 3 heterocycles. The van der Waals surface area contributed by atoms with Crippen LogP contribution < -0.4 is 14.2 Å². The maximum absolute atomic E-state index is 12.9. The van der Waals surface area contributed by atoms with E-state index in [0.29, 0.717) is 46.5 Å². The highest BCUT2D eigenvalue weighted by Crippen LogP contribution is 2.55. The minimum atomic E-state index is -0.821. The smallest absolute Gasteiger partial charge is 0.339 e. The van der Waals surface area contributed by atoms with Crippen LogP contribution in [0.3, 0.4) is 0 Å². The molecule has 0 saturated heterocycles. The molecule has 3 aliphatic heterocycles. The fraction of sp³-hybridized carbons (Fsp3) is 0.409. The number of benzene rings is 2. The van der Waals surface area contributed by atoms with E-state index in [1.165, 1.54) is 7.11 Å². The van der Waals surface area contributed by atoms with Crippen LogP contribution in [0.15, 0.2) is 12.1 Å². The van der Waals surface area contributed by atoms with Gasteiger partial charge in [0.15, 0.2) is 5.75 Å². The Balaban J connectivity index is 1.75. The minimum absolute atomic E-state index is 0.0159. The molecule has 2 atom stereocenters. The molecule has 0 saturated carbocycles. The number of fused-ring (bicyclic) bond motifs is 3. The molecule has 11 heteroatoms. The second-order valence-electron chi connectivity index (χ2n) is 8.07. The molecule has 2 aromatic carbocycles. The van der Waals surface area contributed by atoms with Crippen LogP contribution in [-0.4, -0.2) is 53.5 Å². The maximum Gasteiger partial charge on any atom is 0.339 e. The molecule has 174 valence electrons. The Labute approximate surface area is 188 Å². The number of methoxy groups -OCH3 is 1. The number of cyclic esters (lactones) is 1. The highest BCUT2D eigenvalue weighted by Gasteiger charge is 2.48. The van der Waals surface area contributed by atoms with E-state index in [0.717, 1.165) is 0 Å². The van der Waals surface area contributed by atoms with E-state index in [1.807, 2.05) is 11.9 Å². The van der Waals surface area contributed by atoms with Crippen LogP contribution >= 0.6 is 0 Å². The molecule has 0 amide bonds. The molecule has 0 spiro atoms. The average Bonchev–Trinajstić information content (AvgIpc) is 3.41. The van der Waals surface area contributed by atoms with Gasteiger partial charge in [-0.05, 0) is 25.1 Å². The highest BCUT2D eigenvalue weighted by atomic mass is 16.7. The number of esters is 1. The molecule has 0 unspecified atom stereocenters. The zero-order chi connectivity index (χ0) is 23.4. The first-order valence-electron chi connectivity index (χ1n) is 10.4. The van der Waals surface area contributed by atoms with Gasteiger partial charge in [0.05, 0.1) is 36.9 Å². The van der Waals surface area contributed by atoms with Gasteiger partial charge in [-0.2, -0.15) is 0 Å². The van der Waals surface area contributed by atoms with Crippen LogP contribution in [-0.2, 0) is 24.4 Å². The highest BCUT2D eigenvalue weighted by molar-refractivity contribution is 5.96. The van der Waals surface area contributed by atoms with Crippen LogP contribution in [0.2, 0.25) is 0 Å². The van der Waals surface area contributed by atoms with Crippen molar-refractivity contribution in [2.24, 2.45) is 0 Å². The van der Waals surface area contributed by atoms with Crippen LogP contribution in [0.1, 0.15) is 50.3 Å². The second-order valence-corrected chi connectivity index (χ2v) is 8.07. The summed E-state index contributed by atoms with van der Waals surface area (Å²) >= 11 is 0. The van der Waals surface area contributed by atoms with Gasteiger partial charge in [0.2, 0.25) is 12.5 Å². The summed E-state index contributed by atoms with van der Waals surface area (Å²) in [5.74, 6) is -0.0960. The largest absolute Gasteiger partial charge is 0.496 e. The van der Waals surface area contributed by atoms with Crippen molar-refractivity contribution in [3.8, 4) is 17.2 Å². The molecule has 5 rings (SSSR count). The molecule has 11 nitrogen and oxygen atoms in total. The van der Waals surface area contributed by atoms with Crippen molar-refractivity contribution in [1.82, 2.24) is 4.90 Å². The zero-order valence-corrected chi connectivity index (χ0v) is 18.0. The molecular weight excluding hydrogens is 436 g/mol. The van der Waals surface area contributed by atoms with Gasteiger partial charge in [0, 0.05) is 28.8 Å². The van der Waals surface area contributed by atoms with Crippen LogP contribution in [0.25, 0.3) is 0 Å². The summed E-state index contributed by atoms with van der Waals surface area (Å²) < 4.78 is 22.0. The summed E-state index contributed by atoms with van der Waals surface area (Å²) in [6.07, 6.45) is -0.474. The number of ether oxygens (including phenoxy) is 4. The number of rotatable bonds is 5. The van der Waals surface area contributed by atoms with Crippen molar-refractivity contribution in [3.63, 3.8) is 0 Å². The summed E-state index contributed by atoms with van der Waals surface area (Å²) in [7, 11) is 3.27. The summed E-state index contributed by atoms with van der Waals surface area (Å²) in [6.45, 7) is -0.589. The van der Waals surface area contributed by atoms with E-state index in [4.69, 9.17) is 18.9 Å². The predicted octanol–water partition coefficient (Wildman–Crippen LogP) is 1.76. The Kier molecular flexibility index (Phi) is 5.11. The molecule has 0 fully saturated rings. The zero-order valence-electron chi connectivity index (χ0n) is 18.0. The first kappa shape index (κ1) is 21.4. The van der Waals surface area contributed by atoms with E-state index in [1.54, 1.807) is 12.1 Å². The number of carbonyl (C=O) groups excluding carboxylic acids is 1.